The molecule has 0 amide bonds. The third kappa shape index (κ3) is 5.01. The molecular formula is C13H16N2O3-2. The van der Waals surface area contributed by atoms with Crippen molar-refractivity contribution >= 4 is 5.69 Å². The van der Waals surface area contributed by atoms with Crippen molar-refractivity contribution in [3.05, 3.63) is 64.7 Å². The van der Waals surface area contributed by atoms with Crippen LogP contribution in [0.3, 0.4) is 0 Å². The van der Waals surface area contributed by atoms with Gasteiger partial charge in [-0.25, -0.2) is 0 Å². The first-order valence-corrected chi connectivity index (χ1v) is 5.55. The maximum absolute atomic E-state index is 11.7. The van der Waals surface area contributed by atoms with Crippen LogP contribution in [0.5, 0.6) is 0 Å². The van der Waals surface area contributed by atoms with E-state index < -0.39 is 0 Å². The molecule has 0 unspecified atom stereocenters. The summed E-state index contributed by atoms with van der Waals surface area (Å²) in [6.45, 7) is 1.99. The van der Waals surface area contributed by atoms with E-state index in [1.165, 1.54) is 7.05 Å². The van der Waals surface area contributed by atoms with E-state index in [1.54, 1.807) is 49.4 Å². The second kappa shape index (κ2) is 7.50. The van der Waals surface area contributed by atoms with E-state index in [9.17, 15) is 10.4 Å². The van der Waals surface area contributed by atoms with Gasteiger partial charge in [0.25, 0.3) is 0 Å². The molecule has 0 aliphatic heterocycles. The Kier molecular flexibility index (Phi) is 5.93. The molecule has 1 rings (SSSR count). The van der Waals surface area contributed by atoms with E-state index in [1.807, 2.05) is 6.07 Å². The number of hydroxylamine groups is 2. The molecule has 0 fully saturated rings. The fourth-order valence-corrected chi connectivity index (χ4v) is 1.19. The van der Waals surface area contributed by atoms with Crippen molar-refractivity contribution in [1.29, 1.82) is 0 Å². The van der Waals surface area contributed by atoms with Crippen LogP contribution in [0.25, 0.3) is 0 Å². The summed E-state index contributed by atoms with van der Waals surface area (Å²) in [6, 6.07) is 8.62. The Labute approximate surface area is 107 Å². The quantitative estimate of drug-likeness (QED) is 0.440. The lowest BCUT2D eigenvalue weighted by molar-refractivity contribution is 0.223. The second-order valence-electron chi connectivity index (χ2n) is 3.59. The van der Waals surface area contributed by atoms with E-state index in [-0.39, 0.29) is 6.54 Å². The number of nitrogens with zero attached hydrogens (tertiary/aromatic N) is 2. The lowest BCUT2D eigenvalue weighted by Gasteiger charge is -2.29. The lowest BCUT2D eigenvalue weighted by atomic mass is 10.3. The summed E-state index contributed by atoms with van der Waals surface area (Å²) >= 11 is 0. The molecule has 0 aromatic heterocycles. The average molecular weight is 248 g/mol. The zero-order valence-electron chi connectivity index (χ0n) is 10.4. The highest BCUT2D eigenvalue weighted by molar-refractivity contribution is 5.44. The van der Waals surface area contributed by atoms with Crippen LogP contribution in [0.1, 0.15) is 6.92 Å². The van der Waals surface area contributed by atoms with Crippen molar-refractivity contribution in [3.63, 3.8) is 0 Å². The first-order valence-electron chi connectivity index (χ1n) is 5.55. The number of hydrogen-bond acceptors (Lipinski definition) is 5. The van der Waals surface area contributed by atoms with E-state index in [0.29, 0.717) is 16.7 Å². The van der Waals surface area contributed by atoms with Crippen molar-refractivity contribution in [2.75, 3.05) is 18.8 Å². The zero-order chi connectivity index (χ0) is 13.4. The highest BCUT2D eigenvalue weighted by atomic mass is 16.9. The monoisotopic (exact) mass is 248 g/mol. The van der Waals surface area contributed by atoms with Gasteiger partial charge >= 0.3 is 0 Å². The molecule has 0 saturated heterocycles. The van der Waals surface area contributed by atoms with Crippen LogP contribution in [0, 0.1) is 10.4 Å². The van der Waals surface area contributed by atoms with Crippen molar-refractivity contribution < 1.29 is 4.84 Å². The van der Waals surface area contributed by atoms with Crippen molar-refractivity contribution in [2.24, 2.45) is 0 Å². The van der Waals surface area contributed by atoms with Gasteiger partial charge in [0.05, 0.1) is 5.69 Å². The van der Waals surface area contributed by atoms with Gasteiger partial charge in [0.2, 0.25) is 0 Å². The molecular weight excluding hydrogens is 232 g/mol. The predicted molar refractivity (Wildman–Crippen MR) is 72.3 cm³/mol. The van der Waals surface area contributed by atoms with Crippen LogP contribution in [0.2, 0.25) is 0 Å². The van der Waals surface area contributed by atoms with Crippen LogP contribution in [0.15, 0.2) is 54.3 Å². The molecule has 98 valence electrons. The first kappa shape index (κ1) is 14.2. The third-order valence-electron chi connectivity index (χ3n) is 2.08. The van der Waals surface area contributed by atoms with Gasteiger partial charge in [-0.3, -0.25) is 5.23 Å². The summed E-state index contributed by atoms with van der Waals surface area (Å²) in [6.07, 6.45) is 4.86. The fraction of sp³-hybridized carbons (Fsp3) is 0.231. The van der Waals surface area contributed by atoms with Gasteiger partial charge in [-0.15, -0.1) is 0 Å². The van der Waals surface area contributed by atoms with Gasteiger partial charge in [-0.1, -0.05) is 24.3 Å². The maximum atomic E-state index is 11.7. The van der Waals surface area contributed by atoms with Crippen LogP contribution in [0.4, 0.5) is 5.69 Å². The van der Waals surface area contributed by atoms with Gasteiger partial charge in [0.15, 0.2) is 0 Å². The third-order valence-corrected chi connectivity index (χ3v) is 2.08. The number of benzene rings is 1. The van der Waals surface area contributed by atoms with Crippen LogP contribution >= 0.6 is 0 Å². The average Bonchev–Trinajstić information content (AvgIpc) is 2.38. The summed E-state index contributed by atoms with van der Waals surface area (Å²) in [5, 5.41) is 23.6. The first-order chi connectivity index (χ1) is 8.63. The Morgan fingerprint density at radius 1 is 1.28 bits per heavy atom. The highest BCUT2D eigenvalue weighted by Gasteiger charge is 1.97. The largest absolute Gasteiger partial charge is 0.785 e. The molecule has 5 heteroatoms. The maximum Gasteiger partial charge on any atom is 0.149 e. The molecule has 1 aromatic rings. The topological polar surface area (TPSA) is 61.8 Å². The van der Waals surface area contributed by atoms with Crippen LogP contribution < -0.4 is 5.23 Å². The summed E-state index contributed by atoms with van der Waals surface area (Å²) in [7, 11) is 1.42. The van der Waals surface area contributed by atoms with E-state index in [2.05, 4.69) is 0 Å². The van der Waals surface area contributed by atoms with Gasteiger partial charge in [-0.05, 0) is 38.3 Å². The molecule has 0 heterocycles. The molecule has 0 aliphatic carbocycles. The highest BCUT2D eigenvalue weighted by Crippen LogP contribution is 2.15. The molecule has 0 saturated carbocycles. The Balaban J connectivity index is 2.56. The molecule has 0 bridgehead atoms. The molecule has 0 atom stereocenters. The molecule has 0 aliphatic rings. The van der Waals surface area contributed by atoms with Crippen molar-refractivity contribution in [3.8, 4) is 0 Å². The standard InChI is InChI=1S/C13H16N2O3/c1-3-13(10-7-11-14(2)16)18-15(17)12-8-5-4-6-9-12/h3-10H,11H2,1-2H3/q-2/b10-7-,13-3+. The number of rotatable bonds is 6. The molecule has 1 aromatic carbocycles. The van der Waals surface area contributed by atoms with E-state index >= 15 is 0 Å². The lowest BCUT2D eigenvalue weighted by Crippen LogP contribution is -2.14. The number of hydrogen-bond donors (Lipinski definition) is 0. The second-order valence-corrected chi connectivity index (χ2v) is 3.59. The number of para-hydroxylation sites is 1. The van der Waals surface area contributed by atoms with Crippen LogP contribution in [-0.2, 0) is 4.84 Å². The summed E-state index contributed by atoms with van der Waals surface area (Å²) < 4.78 is 0. The number of likely N-dealkylation sites (N-methyl/N-ethyl adjacent to an activating group) is 1. The summed E-state index contributed by atoms with van der Waals surface area (Å²) in [5.41, 5.74) is 0.409. The normalized spacial score (nSPS) is 12.2. The van der Waals surface area contributed by atoms with Crippen molar-refractivity contribution in [1.82, 2.24) is 5.06 Å². The van der Waals surface area contributed by atoms with E-state index in [4.69, 9.17) is 4.84 Å². The zero-order valence-corrected chi connectivity index (χ0v) is 10.4. The number of allylic oxidation sites excluding steroid dienone is 2. The Bertz CT molecular complexity index is 402. The van der Waals surface area contributed by atoms with Gasteiger partial charge < -0.3 is 20.3 Å². The fourth-order valence-electron chi connectivity index (χ4n) is 1.19. The summed E-state index contributed by atoms with van der Waals surface area (Å²) in [4.78, 5) is 5.10. The number of anilines is 1. The molecule has 5 nitrogen and oxygen atoms in total. The Morgan fingerprint density at radius 2 is 1.94 bits per heavy atom. The van der Waals surface area contributed by atoms with Crippen LogP contribution in [-0.4, -0.2) is 18.7 Å². The van der Waals surface area contributed by atoms with Gasteiger partial charge in [-0.2, -0.15) is 0 Å². The predicted octanol–water partition coefficient (Wildman–Crippen LogP) is 2.81. The minimum Gasteiger partial charge on any atom is -0.785 e. The van der Waals surface area contributed by atoms with Crippen molar-refractivity contribution in [2.45, 2.75) is 6.92 Å². The van der Waals surface area contributed by atoms with Gasteiger partial charge in [0, 0.05) is 6.54 Å². The minimum atomic E-state index is 0.241. The Morgan fingerprint density at radius 3 is 2.50 bits per heavy atom. The molecule has 18 heavy (non-hydrogen) atoms. The molecule has 0 N–H and O–H groups in total. The molecule has 0 spiro atoms. The van der Waals surface area contributed by atoms with Gasteiger partial charge in [0.1, 0.15) is 5.76 Å². The summed E-state index contributed by atoms with van der Waals surface area (Å²) in [5.74, 6) is 0.385. The SMILES string of the molecule is C/C=C(\C=C/CN(C)[O-])ON([O-])c1ccccc1. The minimum absolute atomic E-state index is 0.241. The Hall–Kier alpha value is -1.82. The molecule has 0 radical (unpaired) electrons. The van der Waals surface area contributed by atoms with E-state index in [0.717, 1.165) is 5.06 Å². The smallest absolute Gasteiger partial charge is 0.149 e.